The number of nitrogens with one attached hydrogen (secondary N) is 1. The molecule has 0 rings (SSSR count). The average Bonchev–Trinajstić information content (AvgIpc) is 2.12. The number of guanidine groups is 1. The number of nitrogens with two attached hydrogens (primary N) is 2. The molecule has 0 saturated carbocycles. The fourth-order valence-electron chi connectivity index (χ4n) is 1.19. The van der Waals surface area contributed by atoms with Crippen LogP contribution in [0.2, 0.25) is 0 Å². The maximum Gasteiger partial charge on any atom is 0.320 e. The van der Waals surface area contributed by atoms with E-state index in [-0.39, 0.29) is 12.0 Å². The number of carboxylic acid groups (broad SMARTS) is 1. The fourth-order valence-corrected chi connectivity index (χ4v) is 1.19. The Morgan fingerprint density at radius 3 is 2.53 bits per heavy atom. The summed E-state index contributed by atoms with van der Waals surface area (Å²) in [5.74, 6) is -0.749. The molecule has 0 bridgehead atoms. The van der Waals surface area contributed by atoms with E-state index >= 15 is 0 Å². The van der Waals surface area contributed by atoms with Gasteiger partial charge in [-0.2, -0.15) is 0 Å². The van der Waals surface area contributed by atoms with Crippen LogP contribution in [-0.4, -0.2) is 35.7 Å². The summed E-state index contributed by atoms with van der Waals surface area (Å²) in [5, 5.41) is 11.6. The van der Waals surface area contributed by atoms with Crippen LogP contribution >= 0.6 is 0 Å². The second kappa shape index (κ2) is 7.05. The maximum atomic E-state index is 10.5. The monoisotopic (exact) mass is 216 g/mol. The molecule has 0 amide bonds. The number of hydrogen-bond donors (Lipinski definition) is 4. The van der Waals surface area contributed by atoms with Crippen LogP contribution in [0.1, 0.15) is 26.7 Å². The van der Waals surface area contributed by atoms with E-state index in [0.29, 0.717) is 6.54 Å². The summed E-state index contributed by atoms with van der Waals surface area (Å²) < 4.78 is 0. The summed E-state index contributed by atoms with van der Waals surface area (Å²) in [6.07, 6.45) is 1.67. The molecule has 0 aromatic rings. The highest BCUT2D eigenvalue weighted by Gasteiger charge is 2.12. The molecule has 15 heavy (non-hydrogen) atoms. The molecule has 2 unspecified atom stereocenters. The minimum atomic E-state index is -0.842. The second-order valence-corrected chi connectivity index (χ2v) is 3.58. The van der Waals surface area contributed by atoms with Crippen LogP contribution in [0.5, 0.6) is 0 Å². The molecule has 6 heteroatoms. The smallest absolute Gasteiger partial charge is 0.320 e. The number of nitrogens with zero attached hydrogens (tertiary/aromatic N) is 1. The van der Waals surface area contributed by atoms with Crippen molar-refractivity contribution in [2.24, 2.45) is 16.5 Å². The summed E-state index contributed by atoms with van der Waals surface area (Å²) >= 11 is 0. The molecule has 88 valence electrons. The molecule has 6 nitrogen and oxygen atoms in total. The van der Waals surface area contributed by atoms with Crippen LogP contribution in [0.4, 0.5) is 0 Å². The van der Waals surface area contributed by atoms with Crippen molar-refractivity contribution in [1.82, 2.24) is 5.32 Å². The van der Waals surface area contributed by atoms with Crippen LogP contribution in [0.15, 0.2) is 4.99 Å². The van der Waals surface area contributed by atoms with E-state index in [9.17, 15) is 4.79 Å². The van der Waals surface area contributed by atoms with Crippen LogP contribution in [0.3, 0.4) is 0 Å². The number of hydrogen-bond acceptors (Lipinski definition) is 3. The van der Waals surface area contributed by atoms with Gasteiger partial charge in [-0.15, -0.1) is 0 Å². The molecular weight excluding hydrogens is 196 g/mol. The Labute approximate surface area is 89.7 Å². The molecule has 0 heterocycles. The summed E-state index contributed by atoms with van der Waals surface area (Å²) in [6, 6.07) is -0.381. The largest absolute Gasteiger partial charge is 0.480 e. The van der Waals surface area contributed by atoms with Crippen molar-refractivity contribution >= 4 is 11.9 Å². The predicted octanol–water partition coefficient (Wildman–Crippen LogP) is -0.509. The lowest BCUT2D eigenvalue weighted by Crippen LogP contribution is -2.39. The molecular formula is C9H20N4O2. The highest BCUT2D eigenvalue weighted by molar-refractivity contribution is 5.75. The third-order valence-corrected chi connectivity index (χ3v) is 1.99. The van der Waals surface area contributed by atoms with Crippen molar-refractivity contribution in [2.45, 2.75) is 38.8 Å². The van der Waals surface area contributed by atoms with Crippen molar-refractivity contribution in [3.8, 4) is 0 Å². The summed E-state index contributed by atoms with van der Waals surface area (Å²) in [6.45, 7) is 4.14. The van der Waals surface area contributed by atoms with Crippen molar-refractivity contribution in [3.05, 3.63) is 0 Å². The van der Waals surface area contributed by atoms with Crippen LogP contribution < -0.4 is 16.8 Å². The van der Waals surface area contributed by atoms with Gasteiger partial charge < -0.3 is 21.9 Å². The van der Waals surface area contributed by atoms with E-state index in [1.807, 2.05) is 6.92 Å². The van der Waals surface area contributed by atoms with Gasteiger partial charge in [-0.05, 0) is 26.7 Å². The average molecular weight is 216 g/mol. The third-order valence-electron chi connectivity index (χ3n) is 1.99. The minimum absolute atomic E-state index is 0.0921. The lowest BCUT2D eigenvalue weighted by molar-refractivity contribution is -0.139. The predicted molar refractivity (Wildman–Crippen MR) is 59.6 cm³/mol. The number of aliphatic carboxylic acids is 1. The number of carbonyl (C=O) groups is 1. The zero-order valence-electron chi connectivity index (χ0n) is 9.23. The van der Waals surface area contributed by atoms with Gasteiger partial charge in [-0.1, -0.05) is 0 Å². The quantitative estimate of drug-likeness (QED) is 0.260. The van der Waals surface area contributed by atoms with Crippen LogP contribution in [0.25, 0.3) is 0 Å². The minimum Gasteiger partial charge on any atom is -0.480 e. The standard InChI is InChI=1S/C9H20N4O2/c1-6(13-7(2)8(14)15)4-3-5-12-9(10)11/h6-7,13H,3-5H2,1-2H3,(H,14,15)(H4,10,11,12). The highest BCUT2D eigenvalue weighted by atomic mass is 16.4. The van der Waals surface area contributed by atoms with Crippen molar-refractivity contribution in [3.63, 3.8) is 0 Å². The third kappa shape index (κ3) is 7.75. The summed E-state index contributed by atoms with van der Waals surface area (Å²) in [4.78, 5) is 14.4. The molecule has 2 atom stereocenters. The van der Waals surface area contributed by atoms with Crippen LogP contribution in [-0.2, 0) is 4.79 Å². The van der Waals surface area contributed by atoms with E-state index < -0.39 is 12.0 Å². The Kier molecular flexibility index (Phi) is 6.44. The van der Waals surface area contributed by atoms with Crippen molar-refractivity contribution < 1.29 is 9.90 Å². The Morgan fingerprint density at radius 2 is 2.07 bits per heavy atom. The van der Waals surface area contributed by atoms with Gasteiger partial charge in [0, 0.05) is 12.6 Å². The lowest BCUT2D eigenvalue weighted by Gasteiger charge is -2.16. The molecule has 0 aromatic heterocycles. The number of rotatable bonds is 7. The topological polar surface area (TPSA) is 114 Å². The summed E-state index contributed by atoms with van der Waals surface area (Å²) in [7, 11) is 0. The molecule has 0 aromatic carbocycles. The molecule has 6 N–H and O–H groups in total. The first-order valence-electron chi connectivity index (χ1n) is 4.97. The molecule has 0 aliphatic rings. The van der Waals surface area contributed by atoms with Gasteiger partial charge in [-0.3, -0.25) is 9.79 Å². The molecule has 0 radical (unpaired) electrons. The van der Waals surface area contributed by atoms with E-state index in [1.54, 1.807) is 6.92 Å². The zero-order chi connectivity index (χ0) is 11.8. The van der Waals surface area contributed by atoms with Gasteiger partial charge in [0.15, 0.2) is 5.96 Å². The Hall–Kier alpha value is -1.30. The second-order valence-electron chi connectivity index (χ2n) is 3.58. The van der Waals surface area contributed by atoms with Crippen molar-refractivity contribution in [1.29, 1.82) is 0 Å². The Balaban J connectivity index is 3.62. The summed E-state index contributed by atoms with van der Waals surface area (Å²) in [5.41, 5.74) is 10.3. The van der Waals surface area contributed by atoms with Crippen LogP contribution in [0, 0.1) is 0 Å². The van der Waals surface area contributed by atoms with Gasteiger partial charge in [0.2, 0.25) is 0 Å². The fraction of sp³-hybridized carbons (Fsp3) is 0.778. The molecule has 0 spiro atoms. The van der Waals surface area contributed by atoms with E-state index in [0.717, 1.165) is 12.8 Å². The SMILES string of the molecule is CC(CCCN=C(N)N)NC(C)C(=O)O. The normalized spacial score (nSPS) is 14.3. The molecule has 0 aliphatic carbocycles. The first kappa shape index (κ1) is 13.7. The van der Waals surface area contributed by atoms with Gasteiger partial charge in [-0.25, -0.2) is 0 Å². The lowest BCUT2D eigenvalue weighted by atomic mass is 10.1. The van der Waals surface area contributed by atoms with Gasteiger partial charge in [0.25, 0.3) is 0 Å². The Morgan fingerprint density at radius 1 is 1.47 bits per heavy atom. The van der Waals surface area contributed by atoms with Gasteiger partial charge >= 0.3 is 5.97 Å². The number of aliphatic imine (C=N–C) groups is 1. The molecule has 0 fully saturated rings. The van der Waals surface area contributed by atoms with Gasteiger partial charge in [0.1, 0.15) is 6.04 Å². The maximum absolute atomic E-state index is 10.5. The first-order valence-corrected chi connectivity index (χ1v) is 4.97. The highest BCUT2D eigenvalue weighted by Crippen LogP contribution is 1.98. The van der Waals surface area contributed by atoms with Gasteiger partial charge in [0.05, 0.1) is 0 Å². The van der Waals surface area contributed by atoms with Crippen molar-refractivity contribution in [2.75, 3.05) is 6.54 Å². The molecule has 0 saturated heterocycles. The van der Waals surface area contributed by atoms with E-state index in [2.05, 4.69) is 10.3 Å². The first-order chi connectivity index (χ1) is 6.93. The van der Waals surface area contributed by atoms with E-state index in [1.165, 1.54) is 0 Å². The Bertz CT molecular complexity index is 226. The van der Waals surface area contributed by atoms with E-state index in [4.69, 9.17) is 16.6 Å². The number of carboxylic acids is 1. The molecule has 0 aliphatic heterocycles. The zero-order valence-corrected chi connectivity index (χ0v) is 9.23.